The van der Waals surface area contributed by atoms with Gasteiger partial charge in [-0.25, -0.2) is 0 Å². The third-order valence-electron chi connectivity index (χ3n) is 12.2. The molecule has 1 aliphatic rings. The summed E-state index contributed by atoms with van der Waals surface area (Å²) >= 11 is 0. The number of fused-ring (bicyclic) bond motifs is 6. The summed E-state index contributed by atoms with van der Waals surface area (Å²) in [5, 5.41) is 7.15. The molecule has 0 radical (unpaired) electrons. The van der Waals surface area contributed by atoms with Crippen molar-refractivity contribution in [3.05, 3.63) is 214 Å². The van der Waals surface area contributed by atoms with Gasteiger partial charge in [0, 0.05) is 0 Å². The lowest BCUT2D eigenvalue weighted by Crippen LogP contribution is -2.04. The average molecular weight is 829 g/mol. The first kappa shape index (κ1) is 39.7. The fraction of sp³-hybridized carbons (Fsp3) is 0.158. The molecule has 0 saturated heterocycles. The number of ether oxygens (including phenoxy) is 6. The summed E-state index contributed by atoms with van der Waals surface area (Å²) in [6.07, 6.45) is 1.95. The molecule has 0 unspecified atom stereocenters. The maximum atomic E-state index is 6.61. The Bertz CT molecular complexity index is 3130. The van der Waals surface area contributed by atoms with Gasteiger partial charge in [0.15, 0.2) is 34.5 Å². The molecule has 9 aromatic rings. The minimum atomic E-state index is 0.404. The molecule has 0 saturated carbocycles. The quantitative estimate of drug-likeness (QED) is 0.122. The van der Waals surface area contributed by atoms with Crippen molar-refractivity contribution in [1.82, 2.24) is 0 Å². The van der Waals surface area contributed by atoms with Gasteiger partial charge in [-0.05, 0) is 156 Å². The number of hydrogen-bond acceptors (Lipinski definition) is 6. The number of benzene rings is 9. The van der Waals surface area contributed by atoms with Gasteiger partial charge in [-0.3, -0.25) is 0 Å². The Labute approximate surface area is 368 Å². The van der Waals surface area contributed by atoms with Gasteiger partial charge in [0.05, 0.1) is 21.3 Å². The highest BCUT2D eigenvalue weighted by Gasteiger charge is 2.23. The van der Waals surface area contributed by atoms with Crippen molar-refractivity contribution in [3.63, 3.8) is 0 Å². The summed E-state index contributed by atoms with van der Waals surface area (Å²) in [5.41, 5.74) is 10.1. The molecule has 9 aromatic carbocycles. The van der Waals surface area contributed by atoms with Gasteiger partial charge in [-0.1, -0.05) is 109 Å². The Kier molecular flexibility index (Phi) is 11.0. The summed E-state index contributed by atoms with van der Waals surface area (Å²) in [7, 11) is 5.12. The Morgan fingerprint density at radius 1 is 0.286 bits per heavy atom. The molecule has 0 aliphatic heterocycles. The molecule has 1 aliphatic carbocycles. The molecular weight excluding hydrogens is 781 g/mol. The molecule has 0 bridgehead atoms. The van der Waals surface area contributed by atoms with E-state index in [0.717, 1.165) is 50.1 Å². The second kappa shape index (κ2) is 17.5. The molecule has 10 rings (SSSR count). The lowest BCUT2D eigenvalue weighted by atomic mass is 9.94. The van der Waals surface area contributed by atoms with Crippen molar-refractivity contribution in [2.45, 2.75) is 39.1 Å². The van der Waals surface area contributed by atoms with E-state index in [1.807, 2.05) is 0 Å². The van der Waals surface area contributed by atoms with E-state index in [0.29, 0.717) is 73.6 Å². The van der Waals surface area contributed by atoms with Crippen LogP contribution in [0.2, 0.25) is 0 Å². The Morgan fingerprint density at radius 3 is 0.810 bits per heavy atom. The van der Waals surface area contributed by atoms with Crippen LogP contribution in [0.25, 0.3) is 32.3 Å². The smallest absolute Gasteiger partial charge is 0.161 e. The SMILES string of the molecule is COc1cc2c(cc1OCc1ccc3ccccc3c1)Cc1cc(OC)c(OCc3ccc4ccccc4c3)cc1Cc1cc(OCc3ccc4ccccc4c3)c(OC)cc1C2. The normalized spacial score (nSPS) is 12.0. The number of hydrogen-bond donors (Lipinski definition) is 0. The van der Waals surface area contributed by atoms with Crippen LogP contribution in [0.5, 0.6) is 34.5 Å². The summed E-state index contributed by atoms with van der Waals surface area (Å²) in [6, 6.07) is 57.4. The molecule has 0 aromatic heterocycles. The van der Waals surface area contributed by atoms with Crippen LogP contribution in [-0.2, 0) is 39.1 Å². The summed E-state index contributed by atoms with van der Waals surface area (Å²) < 4.78 is 37.9. The highest BCUT2D eigenvalue weighted by molar-refractivity contribution is 5.84. The van der Waals surface area contributed by atoms with Gasteiger partial charge < -0.3 is 28.4 Å². The zero-order valence-corrected chi connectivity index (χ0v) is 35.8. The number of rotatable bonds is 12. The summed E-state index contributed by atoms with van der Waals surface area (Å²) in [4.78, 5) is 0. The van der Waals surface area contributed by atoms with Crippen molar-refractivity contribution in [2.24, 2.45) is 0 Å². The maximum absolute atomic E-state index is 6.61. The minimum Gasteiger partial charge on any atom is -0.493 e. The topological polar surface area (TPSA) is 55.4 Å². The molecule has 63 heavy (non-hydrogen) atoms. The standard InChI is InChI=1S/C57H48O6/c1-58-52-28-46-25-47-29-53(59-2)56(62-35-38-17-20-41-11-5-8-14-44(41)23-38)32-50(47)27-51-33-57(63-36-39-18-21-42-12-6-9-15-45(42)24-39)54(60-3)30-48(51)26-49(46)31-55(52)61-34-37-16-19-40-10-4-7-13-43(40)22-37/h4-24,28-33H,25-27,34-36H2,1-3H3. The van der Waals surface area contributed by atoms with Crippen molar-refractivity contribution < 1.29 is 28.4 Å². The van der Waals surface area contributed by atoms with E-state index < -0.39 is 0 Å². The van der Waals surface area contributed by atoms with E-state index in [1.54, 1.807) is 21.3 Å². The second-order valence-electron chi connectivity index (χ2n) is 16.3. The second-order valence-corrected chi connectivity index (χ2v) is 16.3. The van der Waals surface area contributed by atoms with Gasteiger partial charge >= 0.3 is 0 Å². The minimum absolute atomic E-state index is 0.404. The van der Waals surface area contributed by atoms with E-state index in [4.69, 9.17) is 28.4 Å². The average Bonchev–Trinajstić information content (AvgIpc) is 3.38. The molecule has 6 nitrogen and oxygen atoms in total. The van der Waals surface area contributed by atoms with Crippen LogP contribution in [0.4, 0.5) is 0 Å². The van der Waals surface area contributed by atoms with Crippen molar-refractivity contribution in [1.29, 1.82) is 0 Å². The first-order valence-corrected chi connectivity index (χ1v) is 21.4. The Hall–Kier alpha value is -7.44. The van der Waals surface area contributed by atoms with Gasteiger partial charge in [0.1, 0.15) is 19.8 Å². The Balaban J connectivity index is 1.03. The number of methoxy groups -OCH3 is 3. The molecule has 0 N–H and O–H groups in total. The van der Waals surface area contributed by atoms with Crippen LogP contribution in [0.1, 0.15) is 50.1 Å². The largest absolute Gasteiger partial charge is 0.493 e. The third-order valence-corrected chi connectivity index (χ3v) is 12.2. The fourth-order valence-electron chi connectivity index (χ4n) is 8.82. The highest BCUT2D eigenvalue weighted by atomic mass is 16.5. The van der Waals surface area contributed by atoms with E-state index in [9.17, 15) is 0 Å². The van der Waals surface area contributed by atoms with Gasteiger partial charge in [0.2, 0.25) is 0 Å². The Morgan fingerprint density at radius 2 is 0.540 bits per heavy atom. The van der Waals surface area contributed by atoms with Crippen molar-refractivity contribution in [2.75, 3.05) is 21.3 Å². The predicted molar refractivity (Wildman–Crippen MR) is 252 cm³/mol. The predicted octanol–water partition coefficient (Wildman–Crippen LogP) is 13.0. The molecule has 0 amide bonds. The maximum Gasteiger partial charge on any atom is 0.161 e. The first-order valence-electron chi connectivity index (χ1n) is 21.4. The molecule has 0 spiro atoms. The van der Waals surface area contributed by atoms with E-state index in [-0.39, 0.29) is 0 Å². The lowest BCUT2D eigenvalue weighted by molar-refractivity contribution is 0.283. The molecule has 0 fully saturated rings. The van der Waals surface area contributed by atoms with E-state index in [2.05, 4.69) is 164 Å². The van der Waals surface area contributed by atoms with Crippen LogP contribution < -0.4 is 28.4 Å². The molecule has 0 heterocycles. The van der Waals surface area contributed by atoms with Crippen LogP contribution in [-0.4, -0.2) is 21.3 Å². The van der Waals surface area contributed by atoms with Crippen molar-refractivity contribution in [3.8, 4) is 34.5 Å². The first-order chi connectivity index (χ1) is 31.0. The van der Waals surface area contributed by atoms with E-state index in [1.165, 1.54) is 32.3 Å². The monoisotopic (exact) mass is 828 g/mol. The van der Waals surface area contributed by atoms with Crippen LogP contribution in [0.3, 0.4) is 0 Å². The van der Waals surface area contributed by atoms with Crippen LogP contribution >= 0.6 is 0 Å². The van der Waals surface area contributed by atoms with Gasteiger partial charge in [-0.2, -0.15) is 0 Å². The van der Waals surface area contributed by atoms with E-state index >= 15 is 0 Å². The zero-order chi connectivity index (χ0) is 42.7. The van der Waals surface area contributed by atoms with Crippen molar-refractivity contribution >= 4 is 32.3 Å². The van der Waals surface area contributed by atoms with Crippen LogP contribution in [0, 0.1) is 0 Å². The highest BCUT2D eigenvalue weighted by Crippen LogP contribution is 2.41. The summed E-state index contributed by atoms with van der Waals surface area (Å²) in [6.45, 7) is 1.22. The molecule has 0 atom stereocenters. The fourth-order valence-corrected chi connectivity index (χ4v) is 8.82. The zero-order valence-electron chi connectivity index (χ0n) is 35.8. The summed E-state index contributed by atoms with van der Waals surface area (Å²) in [5.74, 6) is 4.15. The molecular formula is C57H48O6. The molecule has 6 heteroatoms. The molecule has 312 valence electrons. The van der Waals surface area contributed by atoms with Gasteiger partial charge in [-0.15, -0.1) is 0 Å². The van der Waals surface area contributed by atoms with Crippen LogP contribution in [0.15, 0.2) is 164 Å². The lowest BCUT2D eigenvalue weighted by Gasteiger charge is -2.18. The third kappa shape index (κ3) is 8.45. The van der Waals surface area contributed by atoms with Gasteiger partial charge in [0.25, 0.3) is 0 Å².